The highest BCUT2D eigenvalue weighted by molar-refractivity contribution is 5.46. The third-order valence-electron chi connectivity index (χ3n) is 3.48. The molecule has 0 aliphatic carbocycles. The molecule has 1 fully saturated rings. The maximum atomic E-state index is 12.9. The molecule has 0 amide bonds. The molecule has 2 rings (SSSR count). The van der Waals surface area contributed by atoms with Gasteiger partial charge in [-0.1, -0.05) is 6.07 Å². The van der Waals surface area contributed by atoms with Crippen LogP contribution in [0.1, 0.15) is 12.0 Å². The van der Waals surface area contributed by atoms with Gasteiger partial charge in [-0.3, -0.25) is 4.90 Å². The molecule has 1 unspecified atom stereocenters. The number of likely N-dealkylation sites (N-methyl/N-ethyl adjacent to an activating group) is 1. The van der Waals surface area contributed by atoms with Crippen molar-refractivity contribution in [3.8, 4) is 0 Å². The molecule has 0 bridgehead atoms. The molecule has 3 nitrogen and oxygen atoms in total. The number of halogens is 1. The lowest BCUT2D eigenvalue weighted by Crippen LogP contribution is -2.31. The van der Waals surface area contributed by atoms with Crippen molar-refractivity contribution in [3.05, 3.63) is 29.6 Å². The van der Waals surface area contributed by atoms with Crippen molar-refractivity contribution in [2.75, 3.05) is 32.9 Å². The predicted octanol–water partition coefficient (Wildman–Crippen LogP) is 1.54. The van der Waals surface area contributed by atoms with Crippen LogP contribution in [0.15, 0.2) is 18.2 Å². The first-order valence-electron chi connectivity index (χ1n) is 5.99. The highest BCUT2D eigenvalue weighted by Gasteiger charge is 2.24. The van der Waals surface area contributed by atoms with Gasteiger partial charge in [0.25, 0.3) is 0 Å². The van der Waals surface area contributed by atoms with E-state index in [9.17, 15) is 4.39 Å². The Bertz CT molecular complexity index is 392. The zero-order chi connectivity index (χ0) is 12.4. The Kier molecular flexibility index (Phi) is 3.64. The number of nitrogens with zero attached hydrogens (tertiary/aromatic N) is 2. The number of anilines is 1. The third-order valence-corrected chi connectivity index (χ3v) is 3.48. The van der Waals surface area contributed by atoms with Gasteiger partial charge in [0, 0.05) is 31.4 Å². The van der Waals surface area contributed by atoms with E-state index in [4.69, 9.17) is 5.73 Å². The summed E-state index contributed by atoms with van der Waals surface area (Å²) in [7, 11) is 4.22. The second-order valence-electron chi connectivity index (χ2n) is 4.98. The van der Waals surface area contributed by atoms with Crippen LogP contribution in [0.3, 0.4) is 0 Å². The average Bonchev–Trinajstić information content (AvgIpc) is 2.71. The second kappa shape index (κ2) is 5.02. The van der Waals surface area contributed by atoms with Crippen LogP contribution in [0.5, 0.6) is 0 Å². The van der Waals surface area contributed by atoms with Crippen molar-refractivity contribution in [2.24, 2.45) is 0 Å². The first-order valence-corrected chi connectivity index (χ1v) is 5.99. The van der Waals surface area contributed by atoms with E-state index in [0.717, 1.165) is 25.2 Å². The minimum absolute atomic E-state index is 0.265. The lowest BCUT2D eigenvalue weighted by atomic mass is 10.1. The van der Waals surface area contributed by atoms with Crippen molar-refractivity contribution < 1.29 is 4.39 Å². The van der Waals surface area contributed by atoms with Crippen LogP contribution >= 0.6 is 0 Å². The van der Waals surface area contributed by atoms with Gasteiger partial charge < -0.3 is 10.6 Å². The van der Waals surface area contributed by atoms with Crippen molar-refractivity contribution in [1.82, 2.24) is 9.80 Å². The smallest absolute Gasteiger partial charge is 0.125 e. The molecule has 0 spiro atoms. The Morgan fingerprint density at radius 3 is 2.82 bits per heavy atom. The zero-order valence-electron chi connectivity index (χ0n) is 10.5. The molecule has 1 heterocycles. The van der Waals surface area contributed by atoms with Crippen molar-refractivity contribution in [2.45, 2.75) is 19.0 Å². The Labute approximate surface area is 102 Å². The molecule has 94 valence electrons. The molecule has 1 aliphatic heterocycles. The Hall–Kier alpha value is -1.13. The molecule has 0 radical (unpaired) electrons. The van der Waals surface area contributed by atoms with Crippen LogP contribution in [0.4, 0.5) is 10.1 Å². The fourth-order valence-electron chi connectivity index (χ4n) is 2.33. The van der Waals surface area contributed by atoms with Gasteiger partial charge in [0.15, 0.2) is 0 Å². The lowest BCUT2D eigenvalue weighted by Gasteiger charge is -2.20. The van der Waals surface area contributed by atoms with E-state index < -0.39 is 0 Å². The number of nitrogen functional groups attached to an aromatic ring is 1. The van der Waals surface area contributed by atoms with Gasteiger partial charge in [-0.15, -0.1) is 0 Å². The van der Waals surface area contributed by atoms with Gasteiger partial charge in [-0.25, -0.2) is 4.39 Å². The summed E-state index contributed by atoms with van der Waals surface area (Å²) in [5.41, 5.74) is 7.39. The summed E-state index contributed by atoms with van der Waals surface area (Å²) in [6.45, 7) is 2.96. The number of hydrogen-bond acceptors (Lipinski definition) is 3. The summed E-state index contributed by atoms with van der Waals surface area (Å²) >= 11 is 0. The molecule has 4 heteroatoms. The number of nitrogens with two attached hydrogens (primary N) is 1. The minimum atomic E-state index is -0.265. The van der Waals surface area contributed by atoms with Gasteiger partial charge in [0.2, 0.25) is 0 Å². The molecule has 2 N–H and O–H groups in total. The summed E-state index contributed by atoms with van der Waals surface area (Å²) in [5, 5.41) is 0. The molecule has 0 aromatic heterocycles. The maximum Gasteiger partial charge on any atom is 0.125 e. The van der Waals surface area contributed by atoms with E-state index in [2.05, 4.69) is 23.9 Å². The van der Waals surface area contributed by atoms with Crippen molar-refractivity contribution in [1.29, 1.82) is 0 Å². The summed E-state index contributed by atoms with van der Waals surface area (Å²) in [6, 6.07) is 5.28. The molecule has 1 aromatic carbocycles. The number of benzene rings is 1. The van der Waals surface area contributed by atoms with E-state index >= 15 is 0 Å². The lowest BCUT2D eigenvalue weighted by molar-refractivity contribution is 0.265. The van der Waals surface area contributed by atoms with E-state index in [1.807, 2.05) is 0 Å². The molecule has 1 saturated heterocycles. The molecule has 0 saturated carbocycles. The first kappa shape index (κ1) is 12.3. The predicted molar refractivity (Wildman–Crippen MR) is 68.2 cm³/mol. The van der Waals surface area contributed by atoms with Gasteiger partial charge in [0.05, 0.1) is 0 Å². The molecular formula is C13H20FN3. The van der Waals surface area contributed by atoms with E-state index in [1.54, 1.807) is 6.07 Å². The largest absolute Gasteiger partial charge is 0.398 e. The summed E-state index contributed by atoms with van der Waals surface area (Å²) < 4.78 is 12.9. The number of likely N-dealkylation sites (tertiary alicyclic amines) is 1. The van der Waals surface area contributed by atoms with E-state index in [1.165, 1.54) is 18.6 Å². The number of hydrogen-bond donors (Lipinski definition) is 1. The van der Waals surface area contributed by atoms with E-state index in [-0.39, 0.29) is 5.82 Å². The van der Waals surface area contributed by atoms with Crippen LogP contribution in [-0.2, 0) is 6.54 Å². The fourth-order valence-corrected chi connectivity index (χ4v) is 2.33. The monoisotopic (exact) mass is 237 g/mol. The van der Waals surface area contributed by atoms with Crippen LogP contribution in [0.25, 0.3) is 0 Å². The molecule has 1 atom stereocenters. The second-order valence-corrected chi connectivity index (χ2v) is 4.98. The molecule has 1 aromatic rings. The Morgan fingerprint density at radius 2 is 2.24 bits per heavy atom. The van der Waals surface area contributed by atoms with Crippen LogP contribution in [0, 0.1) is 5.82 Å². The Morgan fingerprint density at radius 1 is 1.47 bits per heavy atom. The average molecular weight is 237 g/mol. The summed E-state index contributed by atoms with van der Waals surface area (Å²) in [6.07, 6.45) is 1.19. The van der Waals surface area contributed by atoms with Gasteiger partial charge in [-0.05, 0) is 38.2 Å². The quantitative estimate of drug-likeness (QED) is 0.809. The topological polar surface area (TPSA) is 32.5 Å². The SMILES string of the molecule is CN(C)C1CCN(Cc2ccc(F)cc2N)C1. The fraction of sp³-hybridized carbons (Fsp3) is 0.538. The summed E-state index contributed by atoms with van der Waals surface area (Å²) in [5.74, 6) is -0.265. The first-order chi connectivity index (χ1) is 8.06. The molecular weight excluding hydrogens is 217 g/mol. The van der Waals surface area contributed by atoms with Crippen LogP contribution < -0.4 is 5.73 Å². The van der Waals surface area contributed by atoms with Gasteiger partial charge >= 0.3 is 0 Å². The normalized spacial score (nSPS) is 21.3. The maximum absolute atomic E-state index is 12.9. The van der Waals surface area contributed by atoms with Crippen molar-refractivity contribution in [3.63, 3.8) is 0 Å². The molecule has 17 heavy (non-hydrogen) atoms. The highest BCUT2D eigenvalue weighted by atomic mass is 19.1. The highest BCUT2D eigenvalue weighted by Crippen LogP contribution is 2.20. The minimum Gasteiger partial charge on any atom is -0.398 e. The van der Waals surface area contributed by atoms with Crippen molar-refractivity contribution >= 4 is 5.69 Å². The van der Waals surface area contributed by atoms with Crippen LogP contribution in [0.2, 0.25) is 0 Å². The standard InChI is InChI=1S/C13H20FN3/c1-16(2)12-5-6-17(9-12)8-10-3-4-11(14)7-13(10)15/h3-4,7,12H,5-6,8-9,15H2,1-2H3. The molecule has 1 aliphatic rings. The van der Waals surface area contributed by atoms with Gasteiger partial charge in [0.1, 0.15) is 5.82 Å². The zero-order valence-corrected chi connectivity index (χ0v) is 10.5. The van der Waals surface area contributed by atoms with E-state index in [0.29, 0.717) is 11.7 Å². The van der Waals surface area contributed by atoms with Crippen LogP contribution in [-0.4, -0.2) is 43.0 Å². The third kappa shape index (κ3) is 2.96. The number of rotatable bonds is 3. The Balaban J connectivity index is 1.98. The summed E-state index contributed by atoms with van der Waals surface area (Å²) in [4.78, 5) is 4.63. The van der Waals surface area contributed by atoms with Gasteiger partial charge in [-0.2, -0.15) is 0 Å².